The zero-order valence-electron chi connectivity index (χ0n) is 82.0. The molecule has 6 aromatic heterocycles. The molecular weight excluding hydrogens is 1810 g/mol. The standard InChI is InChI=1S/C52H34N2.2C46H30N2/c1-3-14-35(15-4-1)40-30-41(36-16-5-2-6-17-36)32-42(31-40)53-49-23-11-9-21-44(49)46-33-38(26-28-51(46)53)39-27-29-52-47(34-39)45-22-10-12-24-50(45)54(52)48-25-13-19-37-18-7-8-20-43(37)48;1-2-12-31(13-3-1)33-16-10-17-36(28-33)47-43-21-8-6-19-38(43)40-29-34(24-26-45(40)47)35-25-27-46-41(30-35)39-20-7-9-22-44(39)48(46)42-23-11-15-32-14-4-5-18-37(32)42;1-2-11-31(12-3-1)34-15-10-16-37(27-34)47-43-19-8-6-17-39(43)41-29-35(22-25-45(41)47)36-23-26-46-42(30-36)40-18-7-9-20-44(40)48(46)38-24-21-32-13-4-5-14-33(32)28-38/h1-34H;2*1-30H. The van der Waals surface area contributed by atoms with Crippen LogP contribution in [0.25, 0.3) is 275 Å². The fourth-order valence-corrected chi connectivity index (χ4v) is 23.9. The molecule has 25 aromatic carbocycles. The van der Waals surface area contributed by atoms with Gasteiger partial charge in [0.2, 0.25) is 0 Å². The van der Waals surface area contributed by atoms with Crippen LogP contribution in [0.1, 0.15) is 0 Å². The van der Waals surface area contributed by atoms with Crippen LogP contribution in [-0.2, 0) is 0 Å². The van der Waals surface area contributed by atoms with Gasteiger partial charge in [0.05, 0.1) is 77.6 Å². The first-order valence-corrected chi connectivity index (χ1v) is 51.6. The van der Waals surface area contributed by atoms with Gasteiger partial charge in [0.15, 0.2) is 0 Å². The van der Waals surface area contributed by atoms with Gasteiger partial charge >= 0.3 is 0 Å². The van der Waals surface area contributed by atoms with Crippen molar-refractivity contribution in [2.45, 2.75) is 0 Å². The summed E-state index contributed by atoms with van der Waals surface area (Å²) in [4.78, 5) is 0. The molecule has 150 heavy (non-hydrogen) atoms. The number of para-hydroxylation sites is 6. The van der Waals surface area contributed by atoms with Gasteiger partial charge in [-0.3, -0.25) is 0 Å². The Kier molecular flexibility index (Phi) is 20.9. The molecule has 0 fully saturated rings. The average Bonchev–Trinajstić information content (AvgIpc) is 1.60. The lowest BCUT2D eigenvalue weighted by molar-refractivity contribution is 1.18. The average molecular weight is 1910 g/mol. The van der Waals surface area contributed by atoms with Gasteiger partial charge in [-0.25, -0.2) is 0 Å². The van der Waals surface area contributed by atoms with E-state index in [1.807, 2.05) is 0 Å². The van der Waals surface area contributed by atoms with Gasteiger partial charge in [-0.05, 0) is 275 Å². The first-order chi connectivity index (χ1) is 74.4. The van der Waals surface area contributed by atoms with E-state index >= 15 is 0 Å². The number of fused-ring (bicyclic) bond motifs is 21. The molecule has 0 bridgehead atoms. The van der Waals surface area contributed by atoms with E-state index in [1.165, 1.54) is 264 Å². The normalized spacial score (nSPS) is 11.7. The third-order valence-corrected chi connectivity index (χ3v) is 30.9. The van der Waals surface area contributed by atoms with Crippen molar-refractivity contribution in [2.24, 2.45) is 0 Å². The molecule has 0 atom stereocenters. The minimum Gasteiger partial charge on any atom is -0.309 e. The fourth-order valence-electron chi connectivity index (χ4n) is 23.9. The number of hydrogen-bond donors (Lipinski definition) is 0. The molecule has 0 radical (unpaired) electrons. The van der Waals surface area contributed by atoms with Crippen molar-refractivity contribution in [2.75, 3.05) is 0 Å². The highest BCUT2D eigenvalue weighted by molar-refractivity contribution is 6.18. The number of nitrogens with zero attached hydrogens (tertiary/aromatic N) is 6. The van der Waals surface area contributed by atoms with Crippen molar-refractivity contribution in [3.05, 3.63) is 570 Å². The Morgan fingerprint density at radius 2 is 0.300 bits per heavy atom. The summed E-state index contributed by atoms with van der Waals surface area (Å²) in [6, 6.07) is 208. The molecular formula is C144H94N6. The maximum absolute atomic E-state index is 2.44. The smallest absolute Gasteiger partial charge is 0.0541 e. The van der Waals surface area contributed by atoms with Crippen LogP contribution in [0.4, 0.5) is 0 Å². The summed E-state index contributed by atoms with van der Waals surface area (Å²) < 4.78 is 14.5. The van der Waals surface area contributed by atoms with Crippen LogP contribution in [0.5, 0.6) is 0 Å². The molecule has 0 saturated carbocycles. The monoisotopic (exact) mass is 1910 g/mol. The molecule has 0 N–H and O–H groups in total. The summed E-state index contributed by atoms with van der Waals surface area (Å²) in [6.07, 6.45) is 0. The van der Waals surface area contributed by atoms with Crippen LogP contribution in [0.15, 0.2) is 570 Å². The molecule has 700 valence electrons. The Balaban J connectivity index is 0.000000106. The van der Waals surface area contributed by atoms with E-state index in [0.29, 0.717) is 0 Å². The Labute approximate surface area is 866 Å². The predicted molar refractivity (Wildman–Crippen MR) is 636 cm³/mol. The minimum atomic E-state index is 1.15. The molecule has 6 nitrogen and oxygen atoms in total. The van der Waals surface area contributed by atoms with Crippen LogP contribution in [0.3, 0.4) is 0 Å². The van der Waals surface area contributed by atoms with Crippen LogP contribution in [0, 0.1) is 0 Å². The highest BCUT2D eigenvalue weighted by atomic mass is 15.0. The Bertz CT molecular complexity index is 10700. The van der Waals surface area contributed by atoms with Crippen molar-refractivity contribution >= 4 is 163 Å². The van der Waals surface area contributed by atoms with E-state index in [1.54, 1.807) is 0 Å². The summed E-state index contributed by atoms with van der Waals surface area (Å²) in [5.74, 6) is 0. The van der Waals surface area contributed by atoms with Gasteiger partial charge in [-0.2, -0.15) is 0 Å². The van der Waals surface area contributed by atoms with Crippen LogP contribution in [-0.4, -0.2) is 27.4 Å². The number of benzene rings is 25. The van der Waals surface area contributed by atoms with E-state index < -0.39 is 0 Å². The van der Waals surface area contributed by atoms with E-state index in [4.69, 9.17) is 0 Å². The van der Waals surface area contributed by atoms with E-state index in [-0.39, 0.29) is 0 Å². The highest BCUT2D eigenvalue weighted by Crippen LogP contribution is 2.47. The van der Waals surface area contributed by atoms with Crippen molar-refractivity contribution in [1.82, 2.24) is 27.4 Å². The first kappa shape index (κ1) is 86.7. The second-order valence-electron chi connectivity index (χ2n) is 39.4. The van der Waals surface area contributed by atoms with E-state index in [2.05, 4.69) is 598 Å². The molecule has 0 amide bonds. The third kappa shape index (κ3) is 14.8. The molecule has 0 aliphatic heterocycles. The summed E-state index contributed by atoms with van der Waals surface area (Å²) in [5, 5.41) is 22.6. The number of hydrogen-bond acceptors (Lipinski definition) is 0. The lowest BCUT2D eigenvalue weighted by Crippen LogP contribution is -1.96. The molecule has 0 saturated heterocycles. The van der Waals surface area contributed by atoms with Crippen LogP contribution >= 0.6 is 0 Å². The largest absolute Gasteiger partial charge is 0.309 e. The Morgan fingerprint density at radius 1 is 0.0867 bits per heavy atom. The fraction of sp³-hybridized carbons (Fsp3) is 0. The van der Waals surface area contributed by atoms with Crippen LogP contribution < -0.4 is 0 Å². The molecule has 31 aromatic rings. The second-order valence-corrected chi connectivity index (χ2v) is 39.4. The lowest BCUT2D eigenvalue weighted by atomic mass is 9.98. The van der Waals surface area contributed by atoms with Gasteiger partial charge in [0.25, 0.3) is 0 Å². The van der Waals surface area contributed by atoms with E-state index in [9.17, 15) is 0 Å². The van der Waals surface area contributed by atoms with Gasteiger partial charge in [-0.15, -0.1) is 0 Å². The quantitative estimate of drug-likeness (QED) is 0.110. The number of aromatic nitrogens is 6. The van der Waals surface area contributed by atoms with Gasteiger partial charge in [-0.1, -0.05) is 394 Å². The van der Waals surface area contributed by atoms with Gasteiger partial charge in [0, 0.05) is 98.2 Å². The maximum atomic E-state index is 2.44. The molecule has 0 aliphatic carbocycles. The zero-order valence-corrected chi connectivity index (χ0v) is 82.0. The van der Waals surface area contributed by atoms with Crippen LogP contribution in [0.2, 0.25) is 0 Å². The highest BCUT2D eigenvalue weighted by Gasteiger charge is 2.25. The molecule has 6 heterocycles. The van der Waals surface area contributed by atoms with E-state index in [0.717, 1.165) is 11.4 Å². The zero-order chi connectivity index (χ0) is 98.8. The lowest BCUT2D eigenvalue weighted by Gasteiger charge is -2.14. The predicted octanol–water partition coefficient (Wildman–Crippen LogP) is 38.8. The third-order valence-electron chi connectivity index (χ3n) is 30.9. The second kappa shape index (κ2) is 36.1. The van der Waals surface area contributed by atoms with Crippen molar-refractivity contribution in [1.29, 1.82) is 0 Å². The molecule has 0 unspecified atom stereocenters. The molecule has 0 spiro atoms. The van der Waals surface area contributed by atoms with Crippen molar-refractivity contribution in [3.8, 4) is 112 Å². The molecule has 0 aliphatic rings. The van der Waals surface area contributed by atoms with Gasteiger partial charge < -0.3 is 27.4 Å². The Hall–Kier alpha value is -19.9. The topological polar surface area (TPSA) is 29.6 Å². The number of rotatable bonds is 13. The first-order valence-electron chi connectivity index (χ1n) is 51.6. The molecule has 31 rings (SSSR count). The van der Waals surface area contributed by atoms with Crippen molar-refractivity contribution < 1.29 is 0 Å². The summed E-state index contributed by atoms with van der Waals surface area (Å²) in [5.41, 5.74) is 38.5. The minimum absolute atomic E-state index is 1.15. The molecule has 6 heteroatoms. The summed E-state index contributed by atoms with van der Waals surface area (Å²) >= 11 is 0. The maximum Gasteiger partial charge on any atom is 0.0541 e. The van der Waals surface area contributed by atoms with Crippen molar-refractivity contribution in [3.63, 3.8) is 0 Å². The Morgan fingerprint density at radius 3 is 0.627 bits per heavy atom. The summed E-state index contributed by atoms with van der Waals surface area (Å²) in [6.45, 7) is 0. The van der Waals surface area contributed by atoms with Gasteiger partial charge in [0.1, 0.15) is 0 Å². The summed E-state index contributed by atoms with van der Waals surface area (Å²) in [7, 11) is 0. The SMILES string of the molecule is c1ccc(-c2cc(-c3ccccc3)cc(-n3c4ccccc4c4cc(-c5ccc6c(c5)c5ccccc5n6-c5cccc6ccccc56)ccc43)c2)cc1.c1ccc(-c2cccc(-n3c4ccccc4c4cc(-c5ccc6c(c5)c5ccccc5n6-c5ccc6ccccc6c5)ccc43)c2)cc1.c1ccc(-c2cccc(-n3c4ccccc4c4cc(-c5ccc6c(c5)c5ccccc5n6-c5cccc6ccccc56)ccc43)c2)cc1.